The fraction of sp³-hybridized carbons (Fsp3) is 0.300. The number of benzene rings is 2. The number of thioether (sulfide) groups is 1. The second-order valence-electron chi connectivity index (χ2n) is 6.34. The molecule has 1 heterocycles. The van der Waals surface area contributed by atoms with Crippen molar-refractivity contribution in [1.82, 2.24) is 5.32 Å². The predicted molar refractivity (Wildman–Crippen MR) is 106 cm³/mol. The van der Waals surface area contributed by atoms with E-state index < -0.39 is 4.75 Å². The standard InChI is InChI=1S/C20H22N2O4S/c1-20(19(24)22(2)14-7-5-6-8-17(14)27-20)18(23)21-12-13-9-10-15(25-3)16(11-13)26-4/h5-11H,12H2,1-4H3,(H,21,23). The van der Waals surface area contributed by atoms with Crippen molar-refractivity contribution in [2.45, 2.75) is 23.1 Å². The lowest BCUT2D eigenvalue weighted by molar-refractivity contribution is -0.131. The zero-order valence-electron chi connectivity index (χ0n) is 15.7. The molecule has 0 radical (unpaired) electrons. The molecule has 27 heavy (non-hydrogen) atoms. The number of carbonyl (C=O) groups excluding carboxylic acids is 2. The van der Waals surface area contributed by atoms with E-state index in [1.165, 1.54) is 11.8 Å². The van der Waals surface area contributed by atoms with Crippen LogP contribution in [0.5, 0.6) is 11.5 Å². The molecule has 0 bridgehead atoms. The van der Waals surface area contributed by atoms with Gasteiger partial charge < -0.3 is 19.7 Å². The first-order chi connectivity index (χ1) is 12.9. The second kappa shape index (κ2) is 7.52. The van der Waals surface area contributed by atoms with Gasteiger partial charge in [0.25, 0.3) is 5.91 Å². The number of para-hydroxylation sites is 1. The number of ether oxygens (including phenoxy) is 2. The predicted octanol–water partition coefficient (Wildman–Crippen LogP) is 2.85. The Hall–Kier alpha value is -2.67. The van der Waals surface area contributed by atoms with Gasteiger partial charge in [-0.15, -0.1) is 0 Å². The molecule has 1 atom stereocenters. The van der Waals surface area contributed by atoms with Crippen molar-refractivity contribution in [3.05, 3.63) is 48.0 Å². The maximum atomic E-state index is 12.9. The quantitative estimate of drug-likeness (QED) is 0.801. The first kappa shape index (κ1) is 19.1. The lowest BCUT2D eigenvalue weighted by Gasteiger charge is -2.36. The fourth-order valence-corrected chi connectivity index (χ4v) is 4.28. The highest BCUT2D eigenvalue weighted by Gasteiger charge is 2.48. The molecule has 0 spiro atoms. The highest BCUT2D eigenvalue weighted by molar-refractivity contribution is 8.02. The van der Waals surface area contributed by atoms with Gasteiger partial charge in [-0.05, 0) is 36.8 Å². The first-order valence-corrected chi connectivity index (χ1v) is 9.27. The van der Waals surface area contributed by atoms with Gasteiger partial charge in [-0.1, -0.05) is 30.0 Å². The SMILES string of the molecule is COc1ccc(CNC(=O)C2(C)Sc3ccccc3N(C)C2=O)cc1OC. The van der Waals surface area contributed by atoms with Gasteiger partial charge in [-0.2, -0.15) is 0 Å². The largest absolute Gasteiger partial charge is 0.493 e. The number of hydrogen-bond donors (Lipinski definition) is 1. The van der Waals surface area contributed by atoms with Gasteiger partial charge in [0.05, 0.1) is 19.9 Å². The van der Waals surface area contributed by atoms with E-state index in [0.717, 1.165) is 16.1 Å². The molecule has 6 nitrogen and oxygen atoms in total. The Labute approximate surface area is 162 Å². The molecule has 2 aromatic carbocycles. The molecule has 2 amide bonds. The Kier molecular flexibility index (Phi) is 5.32. The number of fused-ring (bicyclic) bond motifs is 1. The van der Waals surface area contributed by atoms with E-state index >= 15 is 0 Å². The minimum absolute atomic E-state index is 0.240. The van der Waals surface area contributed by atoms with Crippen LogP contribution in [0.3, 0.4) is 0 Å². The van der Waals surface area contributed by atoms with Crippen molar-refractivity contribution in [3.8, 4) is 11.5 Å². The highest BCUT2D eigenvalue weighted by atomic mass is 32.2. The van der Waals surface area contributed by atoms with Gasteiger partial charge in [0.2, 0.25) is 5.91 Å². The molecular formula is C20H22N2O4S. The molecule has 3 rings (SSSR count). The van der Waals surface area contributed by atoms with Gasteiger partial charge in [0.15, 0.2) is 16.2 Å². The third-order valence-electron chi connectivity index (χ3n) is 4.59. The van der Waals surface area contributed by atoms with Crippen LogP contribution in [0.4, 0.5) is 5.69 Å². The van der Waals surface area contributed by atoms with Crippen LogP contribution in [0.1, 0.15) is 12.5 Å². The molecule has 0 aliphatic carbocycles. The minimum atomic E-state index is -1.22. The van der Waals surface area contributed by atoms with E-state index in [9.17, 15) is 9.59 Å². The van der Waals surface area contributed by atoms with Crippen LogP contribution in [0, 0.1) is 0 Å². The second-order valence-corrected chi connectivity index (χ2v) is 7.80. The van der Waals surface area contributed by atoms with Gasteiger partial charge in [-0.25, -0.2) is 0 Å². The molecule has 1 unspecified atom stereocenters. The molecule has 7 heteroatoms. The van der Waals surface area contributed by atoms with E-state index in [-0.39, 0.29) is 18.4 Å². The van der Waals surface area contributed by atoms with E-state index in [1.54, 1.807) is 45.2 Å². The lowest BCUT2D eigenvalue weighted by Crippen LogP contribution is -2.55. The molecular weight excluding hydrogens is 364 g/mol. The summed E-state index contributed by atoms with van der Waals surface area (Å²) >= 11 is 1.28. The van der Waals surface area contributed by atoms with Gasteiger partial charge in [0.1, 0.15) is 0 Å². The van der Waals surface area contributed by atoms with Crippen molar-refractivity contribution >= 4 is 29.3 Å². The van der Waals surface area contributed by atoms with Crippen LogP contribution in [0.25, 0.3) is 0 Å². The van der Waals surface area contributed by atoms with Gasteiger partial charge in [0, 0.05) is 18.5 Å². The number of carbonyl (C=O) groups is 2. The number of rotatable bonds is 5. The number of nitrogens with one attached hydrogen (secondary N) is 1. The van der Waals surface area contributed by atoms with Crippen molar-refractivity contribution < 1.29 is 19.1 Å². The zero-order valence-corrected chi connectivity index (χ0v) is 16.6. The molecule has 1 aliphatic rings. The number of anilines is 1. The van der Waals surface area contributed by atoms with Crippen molar-refractivity contribution in [3.63, 3.8) is 0 Å². The molecule has 0 aromatic heterocycles. The number of amides is 2. The minimum Gasteiger partial charge on any atom is -0.493 e. The van der Waals surface area contributed by atoms with Crippen LogP contribution in [-0.4, -0.2) is 37.8 Å². The number of hydrogen-bond acceptors (Lipinski definition) is 5. The van der Waals surface area contributed by atoms with Crippen LogP contribution >= 0.6 is 11.8 Å². The number of methoxy groups -OCH3 is 2. The Morgan fingerprint density at radius 3 is 2.56 bits per heavy atom. The Morgan fingerprint density at radius 1 is 1.15 bits per heavy atom. The smallest absolute Gasteiger partial charge is 0.252 e. The summed E-state index contributed by atoms with van der Waals surface area (Å²) in [7, 11) is 4.83. The maximum Gasteiger partial charge on any atom is 0.252 e. The lowest BCUT2D eigenvalue weighted by atomic mass is 10.1. The molecule has 0 saturated heterocycles. The Balaban J connectivity index is 1.77. The molecule has 0 saturated carbocycles. The molecule has 2 aromatic rings. The van der Waals surface area contributed by atoms with Crippen LogP contribution in [0.2, 0.25) is 0 Å². The molecule has 0 fully saturated rings. The van der Waals surface area contributed by atoms with Crippen molar-refractivity contribution in [2.24, 2.45) is 0 Å². The molecule has 1 aliphatic heterocycles. The van der Waals surface area contributed by atoms with Crippen LogP contribution in [-0.2, 0) is 16.1 Å². The summed E-state index contributed by atoms with van der Waals surface area (Å²) in [6.07, 6.45) is 0. The van der Waals surface area contributed by atoms with Gasteiger partial charge in [-0.3, -0.25) is 9.59 Å². The highest BCUT2D eigenvalue weighted by Crippen LogP contribution is 2.44. The molecule has 142 valence electrons. The van der Waals surface area contributed by atoms with E-state index in [2.05, 4.69) is 5.32 Å². The maximum absolute atomic E-state index is 12.9. The first-order valence-electron chi connectivity index (χ1n) is 8.46. The van der Waals surface area contributed by atoms with Crippen molar-refractivity contribution in [2.75, 3.05) is 26.2 Å². The Bertz CT molecular complexity index is 886. The van der Waals surface area contributed by atoms with Crippen LogP contribution < -0.4 is 19.7 Å². The Morgan fingerprint density at radius 2 is 1.85 bits per heavy atom. The summed E-state index contributed by atoms with van der Waals surface area (Å²) < 4.78 is 9.29. The van der Waals surface area contributed by atoms with Gasteiger partial charge >= 0.3 is 0 Å². The third-order valence-corrected chi connectivity index (χ3v) is 5.92. The van der Waals surface area contributed by atoms with E-state index in [4.69, 9.17) is 9.47 Å². The summed E-state index contributed by atoms with van der Waals surface area (Å²) in [4.78, 5) is 28.2. The summed E-state index contributed by atoms with van der Waals surface area (Å²) in [6.45, 7) is 1.95. The topological polar surface area (TPSA) is 67.9 Å². The van der Waals surface area contributed by atoms with Crippen molar-refractivity contribution in [1.29, 1.82) is 0 Å². The normalized spacial score (nSPS) is 18.7. The average Bonchev–Trinajstić information content (AvgIpc) is 2.70. The zero-order chi connectivity index (χ0) is 19.6. The average molecular weight is 386 g/mol. The third kappa shape index (κ3) is 3.47. The molecule has 1 N–H and O–H groups in total. The summed E-state index contributed by atoms with van der Waals surface area (Å²) in [5, 5.41) is 2.88. The summed E-state index contributed by atoms with van der Waals surface area (Å²) in [5.74, 6) is 0.646. The monoisotopic (exact) mass is 386 g/mol. The summed E-state index contributed by atoms with van der Waals surface area (Å²) in [6, 6.07) is 13.0. The van der Waals surface area contributed by atoms with Crippen LogP contribution in [0.15, 0.2) is 47.4 Å². The fourth-order valence-electron chi connectivity index (χ4n) is 3.00. The number of nitrogens with zero attached hydrogens (tertiary/aromatic N) is 1. The van der Waals surface area contributed by atoms with E-state index in [1.807, 2.05) is 30.3 Å². The van der Waals surface area contributed by atoms with E-state index in [0.29, 0.717) is 11.5 Å². The summed E-state index contributed by atoms with van der Waals surface area (Å²) in [5.41, 5.74) is 1.67.